The van der Waals surface area contributed by atoms with Crippen LogP contribution in [0.1, 0.15) is 46.5 Å². The number of nitrogens with zero attached hydrogens (tertiary/aromatic N) is 1. The quantitative estimate of drug-likeness (QED) is 0.777. The van der Waals surface area contributed by atoms with E-state index in [1.165, 1.54) is 32.4 Å². The third-order valence-electron chi connectivity index (χ3n) is 4.33. The smallest absolute Gasteiger partial charge is 0.0880 e. The number of hydrogen-bond donors (Lipinski definition) is 1. The highest BCUT2D eigenvalue weighted by Crippen LogP contribution is 2.21. The zero-order valence-corrected chi connectivity index (χ0v) is 11.9. The molecule has 0 radical (unpaired) electrons. The van der Waals surface area contributed by atoms with Crippen molar-refractivity contribution in [2.45, 2.75) is 58.2 Å². The number of hydrogen-bond acceptors (Lipinski definition) is 3. The summed E-state index contributed by atoms with van der Waals surface area (Å²) in [4.78, 5) is 2.47. The Kier molecular flexibility index (Phi) is 5.90. The molecule has 0 amide bonds. The van der Waals surface area contributed by atoms with Crippen LogP contribution >= 0.6 is 0 Å². The average molecular weight is 243 g/mol. The first-order chi connectivity index (χ1) is 7.99. The summed E-state index contributed by atoms with van der Waals surface area (Å²) in [6, 6.07) is 0. The number of rotatable bonds is 6. The molecule has 1 unspecified atom stereocenters. The first-order valence-electron chi connectivity index (χ1n) is 6.95. The predicted octanol–water partition coefficient (Wildman–Crippen LogP) is 2.28. The van der Waals surface area contributed by atoms with Crippen molar-refractivity contribution in [2.75, 3.05) is 26.7 Å². The second kappa shape index (κ2) is 6.72. The SMILES string of the molecule is CCC1CCN(CCC(O)C(C)(C)OC)CC1. The van der Waals surface area contributed by atoms with E-state index >= 15 is 0 Å². The van der Waals surface area contributed by atoms with Crippen molar-refractivity contribution in [1.29, 1.82) is 0 Å². The third kappa shape index (κ3) is 4.57. The average Bonchev–Trinajstić information content (AvgIpc) is 2.36. The molecule has 0 spiro atoms. The Balaban J connectivity index is 2.23. The molecule has 1 atom stereocenters. The van der Waals surface area contributed by atoms with Crippen LogP contribution in [0, 0.1) is 5.92 Å². The van der Waals surface area contributed by atoms with Gasteiger partial charge >= 0.3 is 0 Å². The third-order valence-corrected chi connectivity index (χ3v) is 4.33. The number of ether oxygens (including phenoxy) is 1. The molecule has 3 heteroatoms. The summed E-state index contributed by atoms with van der Waals surface area (Å²) in [6.45, 7) is 9.55. The monoisotopic (exact) mass is 243 g/mol. The van der Waals surface area contributed by atoms with Crippen LogP contribution in [0.2, 0.25) is 0 Å². The molecule has 17 heavy (non-hydrogen) atoms. The Hall–Kier alpha value is -0.120. The van der Waals surface area contributed by atoms with E-state index in [0.29, 0.717) is 0 Å². The Morgan fingerprint density at radius 2 is 1.94 bits per heavy atom. The lowest BCUT2D eigenvalue weighted by Gasteiger charge is -2.34. The van der Waals surface area contributed by atoms with Crippen molar-refractivity contribution in [3.63, 3.8) is 0 Å². The van der Waals surface area contributed by atoms with Gasteiger partial charge in [0, 0.05) is 13.7 Å². The Bertz CT molecular complexity index is 210. The van der Waals surface area contributed by atoms with Crippen molar-refractivity contribution in [3.8, 4) is 0 Å². The van der Waals surface area contributed by atoms with Crippen LogP contribution in [-0.2, 0) is 4.74 Å². The molecule has 3 nitrogen and oxygen atoms in total. The molecule has 0 aliphatic carbocycles. The molecule has 0 aromatic heterocycles. The van der Waals surface area contributed by atoms with Crippen LogP contribution in [0.4, 0.5) is 0 Å². The van der Waals surface area contributed by atoms with E-state index in [4.69, 9.17) is 4.74 Å². The lowest BCUT2D eigenvalue weighted by atomic mass is 9.93. The van der Waals surface area contributed by atoms with Crippen LogP contribution in [-0.4, -0.2) is 48.5 Å². The molecule has 0 aromatic carbocycles. The molecule has 0 bridgehead atoms. The van der Waals surface area contributed by atoms with E-state index < -0.39 is 5.60 Å². The lowest BCUT2D eigenvalue weighted by Crippen LogP contribution is -2.42. The first kappa shape index (κ1) is 14.9. The lowest BCUT2D eigenvalue weighted by molar-refractivity contribution is -0.0828. The molecular weight excluding hydrogens is 214 g/mol. The van der Waals surface area contributed by atoms with Crippen LogP contribution in [0.15, 0.2) is 0 Å². The van der Waals surface area contributed by atoms with Gasteiger partial charge in [-0.15, -0.1) is 0 Å². The van der Waals surface area contributed by atoms with E-state index in [2.05, 4.69) is 11.8 Å². The number of methoxy groups -OCH3 is 1. The van der Waals surface area contributed by atoms with Gasteiger partial charge in [0.2, 0.25) is 0 Å². The van der Waals surface area contributed by atoms with E-state index in [1.807, 2.05) is 13.8 Å². The Morgan fingerprint density at radius 3 is 2.41 bits per heavy atom. The van der Waals surface area contributed by atoms with Gasteiger partial charge in [0.05, 0.1) is 11.7 Å². The van der Waals surface area contributed by atoms with E-state index in [-0.39, 0.29) is 6.10 Å². The molecule has 1 rings (SSSR count). The summed E-state index contributed by atoms with van der Waals surface area (Å²) >= 11 is 0. The number of piperidine rings is 1. The van der Waals surface area contributed by atoms with Crippen molar-refractivity contribution < 1.29 is 9.84 Å². The van der Waals surface area contributed by atoms with Crippen molar-refractivity contribution >= 4 is 0 Å². The van der Waals surface area contributed by atoms with Crippen molar-refractivity contribution in [1.82, 2.24) is 4.90 Å². The highest BCUT2D eigenvalue weighted by Gasteiger charge is 2.28. The molecule has 1 N–H and O–H groups in total. The highest BCUT2D eigenvalue weighted by molar-refractivity contribution is 4.80. The maximum atomic E-state index is 10.1. The molecule has 1 saturated heterocycles. The van der Waals surface area contributed by atoms with E-state index in [1.54, 1.807) is 7.11 Å². The number of aliphatic hydroxyl groups is 1. The predicted molar refractivity (Wildman–Crippen MR) is 71.2 cm³/mol. The summed E-state index contributed by atoms with van der Waals surface area (Å²) in [5, 5.41) is 10.1. The minimum atomic E-state index is -0.429. The maximum Gasteiger partial charge on any atom is 0.0880 e. The number of likely N-dealkylation sites (tertiary alicyclic amines) is 1. The maximum absolute atomic E-state index is 10.1. The van der Waals surface area contributed by atoms with Gasteiger partial charge in [0.25, 0.3) is 0 Å². The van der Waals surface area contributed by atoms with Crippen LogP contribution < -0.4 is 0 Å². The van der Waals surface area contributed by atoms with E-state index in [9.17, 15) is 5.11 Å². The standard InChI is InChI=1S/C14H29NO2/c1-5-12-6-9-15(10-7-12)11-8-13(16)14(2,3)17-4/h12-13,16H,5-11H2,1-4H3. The molecule has 102 valence electrons. The van der Waals surface area contributed by atoms with Gasteiger partial charge < -0.3 is 14.7 Å². The normalized spacial score (nSPS) is 21.7. The minimum absolute atomic E-state index is 0.378. The van der Waals surface area contributed by atoms with Gasteiger partial charge in [-0.05, 0) is 52.1 Å². The summed E-state index contributed by atoms with van der Waals surface area (Å²) in [5.74, 6) is 0.923. The van der Waals surface area contributed by atoms with Gasteiger partial charge in [-0.1, -0.05) is 13.3 Å². The van der Waals surface area contributed by atoms with Gasteiger partial charge in [0.15, 0.2) is 0 Å². The summed E-state index contributed by atoms with van der Waals surface area (Å²) < 4.78 is 5.31. The minimum Gasteiger partial charge on any atom is -0.390 e. The van der Waals surface area contributed by atoms with E-state index in [0.717, 1.165) is 18.9 Å². The fraction of sp³-hybridized carbons (Fsp3) is 1.00. The fourth-order valence-electron chi connectivity index (χ4n) is 2.41. The van der Waals surface area contributed by atoms with Gasteiger partial charge in [0.1, 0.15) is 0 Å². The number of aliphatic hydroxyl groups excluding tert-OH is 1. The molecule has 1 heterocycles. The largest absolute Gasteiger partial charge is 0.390 e. The summed E-state index contributed by atoms with van der Waals surface area (Å²) in [6.07, 6.45) is 4.38. The highest BCUT2D eigenvalue weighted by atomic mass is 16.5. The first-order valence-corrected chi connectivity index (χ1v) is 6.95. The summed E-state index contributed by atoms with van der Waals surface area (Å²) in [7, 11) is 1.66. The van der Waals surface area contributed by atoms with Gasteiger partial charge in [-0.3, -0.25) is 0 Å². The van der Waals surface area contributed by atoms with Crippen molar-refractivity contribution in [3.05, 3.63) is 0 Å². The fourth-order valence-corrected chi connectivity index (χ4v) is 2.41. The zero-order chi connectivity index (χ0) is 12.9. The molecule has 1 aliphatic rings. The zero-order valence-electron chi connectivity index (χ0n) is 11.9. The second-order valence-electron chi connectivity index (χ2n) is 5.81. The van der Waals surface area contributed by atoms with Crippen LogP contribution in [0.5, 0.6) is 0 Å². The summed E-state index contributed by atoms with van der Waals surface area (Å²) in [5.41, 5.74) is -0.429. The van der Waals surface area contributed by atoms with Gasteiger partial charge in [-0.25, -0.2) is 0 Å². The van der Waals surface area contributed by atoms with Crippen LogP contribution in [0.3, 0.4) is 0 Å². The molecule has 1 aliphatic heterocycles. The molecule has 1 fully saturated rings. The molecule has 0 saturated carbocycles. The Morgan fingerprint density at radius 1 is 1.35 bits per heavy atom. The second-order valence-corrected chi connectivity index (χ2v) is 5.81. The Labute approximate surface area is 106 Å². The van der Waals surface area contributed by atoms with Gasteiger partial charge in [-0.2, -0.15) is 0 Å². The van der Waals surface area contributed by atoms with Crippen molar-refractivity contribution in [2.24, 2.45) is 5.92 Å². The molecular formula is C14H29NO2. The van der Waals surface area contributed by atoms with Crippen LogP contribution in [0.25, 0.3) is 0 Å². The molecule has 0 aromatic rings. The topological polar surface area (TPSA) is 32.7 Å².